The molecule has 88 valence electrons. The first-order valence-electron chi connectivity index (χ1n) is 5.64. The largest absolute Gasteiger partial charge is 0.492 e. The van der Waals surface area contributed by atoms with E-state index in [-0.39, 0.29) is 0 Å². The minimum Gasteiger partial charge on any atom is -0.492 e. The fourth-order valence-corrected chi connectivity index (χ4v) is 1.39. The predicted molar refractivity (Wildman–Crippen MR) is 66.9 cm³/mol. The molecule has 1 rings (SSSR count). The molecule has 1 aromatic rings. The third-order valence-corrected chi connectivity index (χ3v) is 2.17. The molecule has 0 aromatic carbocycles. The summed E-state index contributed by atoms with van der Waals surface area (Å²) >= 11 is 0. The molecule has 0 aliphatic heterocycles. The molecule has 16 heavy (non-hydrogen) atoms. The lowest BCUT2D eigenvalue weighted by molar-refractivity contribution is 0.297. The van der Waals surface area contributed by atoms with Crippen molar-refractivity contribution < 1.29 is 4.74 Å². The maximum Gasteiger partial charge on any atom is 0.138 e. The minimum absolute atomic E-state index is 0.452. The first-order chi connectivity index (χ1) is 7.65. The normalized spacial score (nSPS) is 10.5. The van der Waals surface area contributed by atoms with Crippen molar-refractivity contribution in [3.05, 3.63) is 36.2 Å². The summed E-state index contributed by atoms with van der Waals surface area (Å²) < 4.78 is 5.39. The van der Waals surface area contributed by atoms with E-state index >= 15 is 0 Å². The van der Waals surface area contributed by atoms with Gasteiger partial charge in [0.2, 0.25) is 0 Å². The average molecular weight is 220 g/mol. The van der Waals surface area contributed by atoms with E-state index in [1.807, 2.05) is 19.1 Å². The van der Waals surface area contributed by atoms with E-state index in [1.54, 1.807) is 6.20 Å². The van der Waals surface area contributed by atoms with Gasteiger partial charge in [-0.05, 0) is 18.6 Å². The van der Waals surface area contributed by atoms with E-state index in [0.29, 0.717) is 18.4 Å². The van der Waals surface area contributed by atoms with Gasteiger partial charge in [0.25, 0.3) is 0 Å². The van der Waals surface area contributed by atoms with Crippen LogP contribution in [-0.2, 0) is 11.3 Å². The molecule has 0 aliphatic carbocycles. The zero-order valence-electron chi connectivity index (χ0n) is 10.3. The van der Waals surface area contributed by atoms with Gasteiger partial charge in [0.05, 0.1) is 6.61 Å². The summed E-state index contributed by atoms with van der Waals surface area (Å²) in [5.41, 5.74) is 1.96. The summed E-state index contributed by atoms with van der Waals surface area (Å²) in [6, 6.07) is 4.43. The molecule has 0 spiro atoms. The quantitative estimate of drug-likeness (QED) is 0.748. The molecule has 0 atom stereocenters. The van der Waals surface area contributed by atoms with E-state index in [2.05, 4.69) is 30.7 Å². The zero-order chi connectivity index (χ0) is 12.0. The molecule has 1 aromatic heterocycles. The van der Waals surface area contributed by atoms with Crippen LogP contribution in [0.3, 0.4) is 0 Å². The standard InChI is InChI=1S/C13H20N2O/c1-5-16-11(4)13-12(7-6-8-14-13)9-15-10(2)3/h6-8,10,15H,4-5,9H2,1-3H3. The van der Waals surface area contributed by atoms with E-state index in [9.17, 15) is 0 Å². The number of rotatable bonds is 6. The van der Waals surface area contributed by atoms with Gasteiger partial charge < -0.3 is 10.1 Å². The Morgan fingerprint density at radius 1 is 1.56 bits per heavy atom. The molecule has 0 saturated carbocycles. The Kier molecular flexibility index (Phi) is 4.99. The highest BCUT2D eigenvalue weighted by atomic mass is 16.5. The Hall–Kier alpha value is -1.35. The lowest BCUT2D eigenvalue weighted by Crippen LogP contribution is -2.22. The van der Waals surface area contributed by atoms with Crippen molar-refractivity contribution in [3.8, 4) is 0 Å². The number of nitrogens with zero attached hydrogens (tertiary/aromatic N) is 1. The Balaban J connectivity index is 2.78. The highest BCUT2D eigenvalue weighted by Gasteiger charge is 2.07. The zero-order valence-corrected chi connectivity index (χ0v) is 10.3. The SMILES string of the molecule is C=C(OCC)c1ncccc1CNC(C)C. The maximum atomic E-state index is 5.39. The second-order valence-electron chi connectivity index (χ2n) is 3.90. The third-order valence-electron chi connectivity index (χ3n) is 2.17. The van der Waals surface area contributed by atoms with Gasteiger partial charge in [-0.15, -0.1) is 0 Å². The number of aromatic nitrogens is 1. The molecule has 0 radical (unpaired) electrons. The molecule has 0 bridgehead atoms. The van der Waals surface area contributed by atoms with Crippen LogP contribution in [0.2, 0.25) is 0 Å². The third kappa shape index (κ3) is 3.66. The van der Waals surface area contributed by atoms with Gasteiger partial charge in [-0.2, -0.15) is 0 Å². The number of ether oxygens (including phenoxy) is 1. The number of pyridine rings is 1. The molecular weight excluding hydrogens is 200 g/mol. The van der Waals surface area contributed by atoms with E-state index in [1.165, 1.54) is 0 Å². The monoisotopic (exact) mass is 220 g/mol. The fourth-order valence-electron chi connectivity index (χ4n) is 1.39. The van der Waals surface area contributed by atoms with Gasteiger partial charge in [-0.3, -0.25) is 4.98 Å². The van der Waals surface area contributed by atoms with Crippen LogP contribution in [0.1, 0.15) is 32.0 Å². The number of hydrogen-bond donors (Lipinski definition) is 1. The Labute approximate surface area is 97.5 Å². The van der Waals surface area contributed by atoms with Crippen molar-refractivity contribution in [3.63, 3.8) is 0 Å². The highest BCUT2D eigenvalue weighted by molar-refractivity contribution is 5.56. The van der Waals surface area contributed by atoms with E-state index in [0.717, 1.165) is 17.8 Å². The van der Waals surface area contributed by atoms with E-state index < -0.39 is 0 Å². The molecule has 0 unspecified atom stereocenters. The topological polar surface area (TPSA) is 34.1 Å². The summed E-state index contributed by atoms with van der Waals surface area (Å²) in [4.78, 5) is 4.31. The molecule has 0 saturated heterocycles. The molecule has 1 N–H and O–H groups in total. The average Bonchev–Trinajstić information content (AvgIpc) is 2.27. The molecule has 0 fully saturated rings. The van der Waals surface area contributed by atoms with E-state index in [4.69, 9.17) is 4.74 Å². The van der Waals surface area contributed by atoms with Gasteiger partial charge in [0, 0.05) is 18.8 Å². The van der Waals surface area contributed by atoms with Gasteiger partial charge >= 0.3 is 0 Å². The van der Waals surface area contributed by atoms with Crippen LogP contribution in [0.15, 0.2) is 24.9 Å². The van der Waals surface area contributed by atoms with Crippen LogP contribution >= 0.6 is 0 Å². The molecule has 0 amide bonds. The Morgan fingerprint density at radius 3 is 2.94 bits per heavy atom. The predicted octanol–water partition coefficient (Wildman–Crippen LogP) is 2.59. The van der Waals surface area contributed by atoms with Crippen molar-refractivity contribution in [2.75, 3.05) is 6.61 Å². The van der Waals surface area contributed by atoms with Gasteiger partial charge in [-0.25, -0.2) is 0 Å². The molecule has 3 nitrogen and oxygen atoms in total. The van der Waals surface area contributed by atoms with Crippen LogP contribution in [-0.4, -0.2) is 17.6 Å². The Morgan fingerprint density at radius 2 is 2.31 bits per heavy atom. The van der Waals surface area contributed by atoms with Gasteiger partial charge in [-0.1, -0.05) is 26.5 Å². The molecule has 1 heterocycles. The second-order valence-corrected chi connectivity index (χ2v) is 3.90. The molecule has 0 aliphatic rings. The second kappa shape index (κ2) is 6.28. The lowest BCUT2D eigenvalue weighted by atomic mass is 10.1. The summed E-state index contributed by atoms with van der Waals surface area (Å²) in [5.74, 6) is 0.642. The van der Waals surface area contributed by atoms with Crippen LogP contribution in [0.25, 0.3) is 5.76 Å². The van der Waals surface area contributed by atoms with Crippen LogP contribution in [0.4, 0.5) is 0 Å². The summed E-state index contributed by atoms with van der Waals surface area (Å²) in [7, 11) is 0. The van der Waals surface area contributed by atoms with Crippen molar-refractivity contribution in [1.29, 1.82) is 0 Å². The summed E-state index contributed by atoms with van der Waals surface area (Å²) in [6.07, 6.45) is 1.76. The van der Waals surface area contributed by atoms with Gasteiger partial charge in [0.15, 0.2) is 0 Å². The Bertz CT molecular complexity index is 348. The van der Waals surface area contributed by atoms with Gasteiger partial charge in [0.1, 0.15) is 11.5 Å². The van der Waals surface area contributed by atoms with Crippen molar-refractivity contribution in [1.82, 2.24) is 10.3 Å². The smallest absolute Gasteiger partial charge is 0.138 e. The number of hydrogen-bond acceptors (Lipinski definition) is 3. The fraction of sp³-hybridized carbons (Fsp3) is 0.462. The maximum absolute atomic E-state index is 5.39. The van der Waals surface area contributed by atoms with Crippen LogP contribution < -0.4 is 5.32 Å². The van der Waals surface area contributed by atoms with Crippen LogP contribution in [0.5, 0.6) is 0 Å². The van der Waals surface area contributed by atoms with Crippen molar-refractivity contribution in [2.24, 2.45) is 0 Å². The van der Waals surface area contributed by atoms with Crippen LogP contribution in [0, 0.1) is 0 Å². The van der Waals surface area contributed by atoms with Crippen molar-refractivity contribution in [2.45, 2.75) is 33.4 Å². The minimum atomic E-state index is 0.452. The molecule has 3 heteroatoms. The highest BCUT2D eigenvalue weighted by Crippen LogP contribution is 2.15. The first kappa shape index (κ1) is 12.7. The summed E-state index contributed by atoms with van der Waals surface area (Å²) in [6.45, 7) is 11.5. The first-order valence-corrected chi connectivity index (χ1v) is 5.64. The summed E-state index contributed by atoms with van der Waals surface area (Å²) in [5, 5.41) is 3.36. The number of nitrogens with one attached hydrogen (secondary N) is 1. The van der Waals surface area contributed by atoms with Crippen molar-refractivity contribution >= 4 is 5.76 Å². The lowest BCUT2D eigenvalue weighted by Gasteiger charge is -2.13. The molecular formula is C13H20N2O.